The SMILES string of the molecule is C=CCc1cc(OC[C@H]2CCCN2)cnc1Cl. The third-order valence-corrected chi connectivity index (χ3v) is 3.20. The van der Waals surface area contributed by atoms with Crippen molar-refractivity contribution >= 4 is 11.6 Å². The molecule has 2 heterocycles. The fourth-order valence-corrected chi connectivity index (χ4v) is 2.13. The minimum atomic E-state index is 0.466. The molecule has 3 nitrogen and oxygen atoms in total. The lowest BCUT2D eigenvalue weighted by molar-refractivity contribution is 0.276. The molecule has 1 aliphatic heterocycles. The fraction of sp³-hybridized carbons (Fsp3) is 0.462. The summed E-state index contributed by atoms with van der Waals surface area (Å²) in [6.45, 7) is 5.48. The van der Waals surface area contributed by atoms with Crippen molar-refractivity contribution in [2.24, 2.45) is 0 Å². The van der Waals surface area contributed by atoms with Gasteiger partial charge in [0.25, 0.3) is 0 Å². The Kier molecular flexibility index (Phi) is 4.40. The Hall–Kier alpha value is -1.06. The molecule has 0 saturated carbocycles. The molecule has 1 saturated heterocycles. The van der Waals surface area contributed by atoms with Gasteiger partial charge in [0.1, 0.15) is 17.5 Å². The number of nitrogens with zero attached hydrogens (tertiary/aromatic N) is 1. The molecular weight excluding hydrogens is 236 g/mol. The molecule has 0 bridgehead atoms. The van der Waals surface area contributed by atoms with E-state index in [2.05, 4.69) is 16.9 Å². The highest BCUT2D eigenvalue weighted by Crippen LogP contribution is 2.20. The Balaban J connectivity index is 1.95. The minimum absolute atomic E-state index is 0.466. The zero-order valence-electron chi connectivity index (χ0n) is 9.79. The average molecular weight is 253 g/mol. The molecule has 17 heavy (non-hydrogen) atoms. The van der Waals surface area contributed by atoms with E-state index in [1.807, 2.05) is 12.1 Å². The van der Waals surface area contributed by atoms with Gasteiger partial charge in [-0.15, -0.1) is 6.58 Å². The number of hydrogen-bond donors (Lipinski definition) is 1. The van der Waals surface area contributed by atoms with Crippen molar-refractivity contribution in [3.63, 3.8) is 0 Å². The van der Waals surface area contributed by atoms with Gasteiger partial charge in [0.05, 0.1) is 6.20 Å². The normalized spacial score (nSPS) is 19.2. The number of halogens is 1. The van der Waals surface area contributed by atoms with E-state index in [4.69, 9.17) is 16.3 Å². The molecule has 92 valence electrons. The van der Waals surface area contributed by atoms with Crippen LogP contribution in [-0.4, -0.2) is 24.2 Å². The summed E-state index contributed by atoms with van der Waals surface area (Å²) in [4.78, 5) is 4.12. The summed E-state index contributed by atoms with van der Waals surface area (Å²) < 4.78 is 5.71. The van der Waals surface area contributed by atoms with Crippen LogP contribution < -0.4 is 10.1 Å². The van der Waals surface area contributed by atoms with E-state index < -0.39 is 0 Å². The van der Waals surface area contributed by atoms with Crippen LogP contribution in [0.3, 0.4) is 0 Å². The number of rotatable bonds is 5. The van der Waals surface area contributed by atoms with Crippen molar-refractivity contribution in [1.29, 1.82) is 0 Å². The predicted octanol–water partition coefficient (Wildman–Crippen LogP) is 2.59. The minimum Gasteiger partial charge on any atom is -0.490 e. The topological polar surface area (TPSA) is 34.1 Å². The standard InChI is InChI=1S/C13H17ClN2O/c1-2-4-10-7-12(8-16-13(10)14)17-9-11-5-3-6-15-11/h2,7-8,11,15H,1,3-6,9H2/t11-/m1/s1. The molecule has 2 rings (SSSR count). The van der Waals surface area contributed by atoms with Crippen molar-refractivity contribution in [1.82, 2.24) is 10.3 Å². The van der Waals surface area contributed by atoms with Crippen LogP contribution in [0, 0.1) is 0 Å². The molecule has 1 N–H and O–H groups in total. The van der Waals surface area contributed by atoms with Gasteiger partial charge in [-0.3, -0.25) is 0 Å². The summed E-state index contributed by atoms with van der Waals surface area (Å²) in [7, 11) is 0. The van der Waals surface area contributed by atoms with Crippen molar-refractivity contribution in [3.05, 3.63) is 35.6 Å². The molecule has 1 atom stereocenters. The number of nitrogens with one attached hydrogen (secondary N) is 1. The first-order valence-electron chi connectivity index (χ1n) is 5.91. The number of aromatic nitrogens is 1. The highest BCUT2D eigenvalue weighted by Gasteiger charge is 2.14. The first-order valence-corrected chi connectivity index (χ1v) is 6.29. The molecule has 4 heteroatoms. The molecule has 1 aromatic rings. The molecule has 0 aromatic carbocycles. The van der Waals surface area contributed by atoms with E-state index in [-0.39, 0.29) is 0 Å². The van der Waals surface area contributed by atoms with Gasteiger partial charge >= 0.3 is 0 Å². The largest absolute Gasteiger partial charge is 0.490 e. The lowest BCUT2D eigenvalue weighted by Gasteiger charge is -2.12. The van der Waals surface area contributed by atoms with E-state index >= 15 is 0 Å². The quantitative estimate of drug-likeness (QED) is 0.646. The van der Waals surface area contributed by atoms with Crippen molar-refractivity contribution in [2.75, 3.05) is 13.2 Å². The maximum atomic E-state index is 5.98. The summed E-state index contributed by atoms with van der Waals surface area (Å²) >= 11 is 5.98. The van der Waals surface area contributed by atoms with Gasteiger partial charge in [0.2, 0.25) is 0 Å². The molecule has 0 aliphatic carbocycles. The average Bonchev–Trinajstić information content (AvgIpc) is 2.83. The summed E-state index contributed by atoms with van der Waals surface area (Å²) in [6.07, 6.45) is 6.61. The Bertz CT molecular complexity index is 389. The van der Waals surface area contributed by atoms with Gasteiger partial charge in [-0.2, -0.15) is 0 Å². The summed E-state index contributed by atoms with van der Waals surface area (Å²) in [5.74, 6) is 0.778. The maximum absolute atomic E-state index is 5.98. The highest BCUT2D eigenvalue weighted by atomic mass is 35.5. The van der Waals surface area contributed by atoms with Gasteiger partial charge in [-0.25, -0.2) is 4.98 Å². The second kappa shape index (κ2) is 6.03. The van der Waals surface area contributed by atoms with Gasteiger partial charge in [-0.05, 0) is 37.4 Å². The van der Waals surface area contributed by atoms with E-state index in [0.29, 0.717) is 24.2 Å². The number of ether oxygens (including phenoxy) is 1. The Labute approximate surface area is 107 Å². The molecule has 1 aromatic heterocycles. The van der Waals surface area contributed by atoms with Gasteiger partial charge in [0.15, 0.2) is 0 Å². The van der Waals surface area contributed by atoms with Crippen LogP contribution in [0.15, 0.2) is 24.9 Å². The second-order valence-corrected chi connectivity index (χ2v) is 4.58. The molecule has 1 fully saturated rings. The number of allylic oxidation sites excluding steroid dienone is 1. The van der Waals surface area contributed by atoms with Crippen LogP contribution in [0.4, 0.5) is 0 Å². The van der Waals surface area contributed by atoms with Gasteiger partial charge in [-0.1, -0.05) is 17.7 Å². The van der Waals surface area contributed by atoms with Crippen LogP contribution in [0.2, 0.25) is 5.15 Å². The van der Waals surface area contributed by atoms with E-state index in [1.54, 1.807) is 6.20 Å². The van der Waals surface area contributed by atoms with Crippen LogP contribution in [0.5, 0.6) is 5.75 Å². The molecule has 0 radical (unpaired) electrons. The zero-order chi connectivity index (χ0) is 12.1. The lowest BCUT2D eigenvalue weighted by Crippen LogP contribution is -2.28. The molecule has 0 spiro atoms. The van der Waals surface area contributed by atoms with Crippen molar-refractivity contribution < 1.29 is 4.74 Å². The molecule has 0 amide bonds. The van der Waals surface area contributed by atoms with Gasteiger partial charge in [0, 0.05) is 6.04 Å². The monoisotopic (exact) mass is 252 g/mol. The smallest absolute Gasteiger partial charge is 0.138 e. The highest BCUT2D eigenvalue weighted by molar-refractivity contribution is 6.30. The fourth-order valence-electron chi connectivity index (χ4n) is 1.95. The third kappa shape index (κ3) is 3.45. The van der Waals surface area contributed by atoms with Crippen LogP contribution in [-0.2, 0) is 6.42 Å². The van der Waals surface area contributed by atoms with Crippen molar-refractivity contribution in [3.8, 4) is 5.75 Å². The summed E-state index contributed by atoms with van der Waals surface area (Å²) in [5, 5.41) is 3.91. The summed E-state index contributed by atoms with van der Waals surface area (Å²) in [5.41, 5.74) is 0.957. The second-order valence-electron chi connectivity index (χ2n) is 4.22. The molecule has 0 unspecified atom stereocenters. The first kappa shape index (κ1) is 12.4. The Morgan fingerprint density at radius 1 is 1.65 bits per heavy atom. The maximum Gasteiger partial charge on any atom is 0.138 e. The number of hydrogen-bond acceptors (Lipinski definition) is 3. The molecule has 1 aliphatic rings. The third-order valence-electron chi connectivity index (χ3n) is 2.86. The zero-order valence-corrected chi connectivity index (χ0v) is 10.5. The van der Waals surface area contributed by atoms with Crippen molar-refractivity contribution in [2.45, 2.75) is 25.3 Å². The Morgan fingerprint density at radius 3 is 3.24 bits per heavy atom. The molecular formula is C13H17ClN2O. The first-order chi connectivity index (χ1) is 8.29. The summed E-state index contributed by atoms with van der Waals surface area (Å²) in [6, 6.07) is 2.40. The Morgan fingerprint density at radius 2 is 2.53 bits per heavy atom. The van der Waals surface area contributed by atoms with E-state index in [0.717, 1.165) is 17.9 Å². The van der Waals surface area contributed by atoms with E-state index in [1.165, 1.54) is 12.8 Å². The van der Waals surface area contributed by atoms with Gasteiger partial charge < -0.3 is 10.1 Å². The number of pyridine rings is 1. The predicted molar refractivity (Wildman–Crippen MR) is 69.7 cm³/mol. The van der Waals surface area contributed by atoms with Crippen LogP contribution in [0.25, 0.3) is 0 Å². The lowest BCUT2D eigenvalue weighted by atomic mass is 10.2. The van der Waals surface area contributed by atoms with E-state index in [9.17, 15) is 0 Å². The van der Waals surface area contributed by atoms with Crippen LogP contribution >= 0.6 is 11.6 Å². The van der Waals surface area contributed by atoms with Crippen LogP contribution in [0.1, 0.15) is 18.4 Å².